The van der Waals surface area contributed by atoms with Crippen LogP contribution in [0, 0.1) is 0 Å². The molecule has 3 N–H and O–H groups in total. The number of aromatic nitrogens is 1. The van der Waals surface area contributed by atoms with E-state index in [4.69, 9.17) is 5.73 Å². The van der Waals surface area contributed by atoms with E-state index in [0.29, 0.717) is 12.1 Å². The maximum absolute atomic E-state index is 10.7. The zero-order valence-electron chi connectivity index (χ0n) is 10.6. The summed E-state index contributed by atoms with van der Waals surface area (Å²) in [6.07, 6.45) is 7.31. The van der Waals surface area contributed by atoms with E-state index >= 15 is 0 Å². The first-order chi connectivity index (χ1) is 8.67. The van der Waals surface area contributed by atoms with Gasteiger partial charge in [0.2, 0.25) is 0 Å². The molecule has 18 heavy (non-hydrogen) atoms. The summed E-state index contributed by atoms with van der Waals surface area (Å²) in [5, 5.41) is 10.7. The van der Waals surface area contributed by atoms with Crippen LogP contribution in [0.15, 0.2) is 24.5 Å². The molecule has 0 radical (unpaired) electrons. The van der Waals surface area contributed by atoms with Crippen molar-refractivity contribution in [3.8, 4) is 0 Å². The Labute approximate surface area is 108 Å². The number of nitrogens with two attached hydrogens (primary N) is 1. The van der Waals surface area contributed by atoms with Crippen molar-refractivity contribution in [3.05, 3.63) is 30.1 Å². The van der Waals surface area contributed by atoms with Crippen LogP contribution in [0.4, 0.5) is 0 Å². The van der Waals surface area contributed by atoms with Gasteiger partial charge in [0, 0.05) is 43.1 Å². The number of hydrogen-bond donors (Lipinski definition) is 2. The van der Waals surface area contributed by atoms with Crippen LogP contribution < -0.4 is 5.73 Å². The largest absolute Gasteiger partial charge is 0.385 e. The van der Waals surface area contributed by atoms with E-state index in [1.54, 1.807) is 12.4 Å². The molecule has 2 aliphatic rings. The van der Waals surface area contributed by atoms with E-state index in [0.717, 1.165) is 44.3 Å². The van der Waals surface area contributed by atoms with Crippen molar-refractivity contribution in [2.75, 3.05) is 13.1 Å². The van der Waals surface area contributed by atoms with Crippen molar-refractivity contribution in [2.45, 2.75) is 43.4 Å². The minimum Gasteiger partial charge on any atom is -0.385 e. The minimum absolute atomic E-state index is 0.365. The summed E-state index contributed by atoms with van der Waals surface area (Å²) in [7, 11) is 0. The summed E-state index contributed by atoms with van der Waals surface area (Å²) in [5.74, 6) is 0. The van der Waals surface area contributed by atoms with Crippen molar-refractivity contribution in [3.63, 3.8) is 0 Å². The van der Waals surface area contributed by atoms with Gasteiger partial charge in [0.15, 0.2) is 0 Å². The fourth-order valence-electron chi connectivity index (χ4n) is 3.22. The smallest absolute Gasteiger partial charge is 0.0912 e. The Hall–Kier alpha value is -0.970. The molecule has 1 aromatic heterocycles. The molecular formula is C14H21N3O. The van der Waals surface area contributed by atoms with Crippen LogP contribution in [0.5, 0.6) is 0 Å². The first-order valence-corrected chi connectivity index (χ1v) is 6.80. The molecule has 2 fully saturated rings. The predicted octanol–water partition coefficient (Wildman–Crippen LogP) is 0.855. The van der Waals surface area contributed by atoms with Crippen molar-refractivity contribution < 1.29 is 5.11 Å². The van der Waals surface area contributed by atoms with Gasteiger partial charge in [-0.2, -0.15) is 0 Å². The van der Waals surface area contributed by atoms with E-state index in [1.807, 2.05) is 12.1 Å². The van der Waals surface area contributed by atoms with Gasteiger partial charge in [-0.05, 0) is 31.7 Å². The van der Waals surface area contributed by atoms with E-state index in [2.05, 4.69) is 9.88 Å². The maximum atomic E-state index is 10.7. The van der Waals surface area contributed by atoms with Gasteiger partial charge in [-0.25, -0.2) is 0 Å². The third kappa shape index (κ3) is 2.16. The molecule has 98 valence electrons. The van der Waals surface area contributed by atoms with Crippen LogP contribution in [0.25, 0.3) is 0 Å². The van der Waals surface area contributed by atoms with E-state index in [9.17, 15) is 5.11 Å². The first kappa shape index (κ1) is 12.1. The predicted molar refractivity (Wildman–Crippen MR) is 69.9 cm³/mol. The lowest BCUT2D eigenvalue weighted by Gasteiger charge is -2.47. The molecule has 0 spiro atoms. The summed E-state index contributed by atoms with van der Waals surface area (Å²) in [6.45, 7) is 2.05. The van der Waals surface area contributed by atoms with Gasteiger partial charge in [0.05, 0.1) is 5.60 Å². The molecule has 1 saturated carbocycles. The van der Waals surface area contributed by atoms with E-state index in [1.165, 1.54) is 0 Å². The molecule has 1 saturated heterocycles. The second kappa shape index (κ2) is 4.61. The van der Waals surface area contributed by atoms with Crippen LogP contribution in [0.1, 0.15) is 31.2 Å². The third-order valence-corrected chi connectivity index (χ3v) is 4.44. The molecule has 1 aromatic rings. The Bertz CT molecular complexity index is 395. The number of rotatable bonds is 2. The molecule has 4 heteroatoms. The zero-order chi connectivity index (χ0) is 12.6. The highest BCUT2D eigenvalue weighted by molar-refractivity contribution is 5.19. The average molecular weight is 247 g/mol. The Balaban J connectivity index is 1.62. The fourth-order valence-corrected chi connectivity index (χ4v) is 3.22. The lowest BCUT2D eigenvalue weighted by Crippen LogP contribution is -2.60. The Morgan fingerprint density at radius 3 is 2.61 bits per heavy atom. The quantitative estimate of drug-likeness (QED) is 0.813. The lowest BCUT2D eigenvalue weighted by atomic mass is 9.77. The number of nitrogens with zero attached hydrogens (tertiary/aromatic N) is 2. The Morgan fingerprint density at radius 1 is 1.33 bits per heavy atom. The summed E-state index contributed by atoms with van der Waals surface area (Å²) in [4.78, 5) is 6.56. The Morgan fingerprint density at radius 2 is 2.06 bits per heavy atom. The van der Waals surface area contributed by atoms with Crippen LogP contribution in [-0.4, -0.2) is 40.2 Å². The SMILES string of the molecule is NC1CN(C2CCC(O)(c3cccnc3)CC2)C1. The van der Waals surface area contributed by atoms with E-state index in [-0.39, 0.29) is 0 Å². The number of likely N-dealkylation sites (tertiary alicyclic amines) is 1. The van der Waals surface area contributed by atoms with Gasteiger partial charge in [0.1, 0.15) is 0 Å². The third-order valence-electron chi connectivity index (χ3n) is 4.44. The van der Waals surface area contributed by atoms with Gasteiger partial charge >= 0.3 is 0 Å². The van der Waals surface area contributed by atoms with Gasteiger partial charge in [0.25, 0.3) is 0 Å². The standard InChI is InChI=1S/C14H21N3O/c15-12-9-17(10-12)13-3-5-14(18,6-4-13)11-2-1-7-16-8-11/h1-2,7-8,12-13,18H,3-6,9-10,15H2. The number of pyridine rings is 1. The zero-order valence-corrected chi connectivity index (χ0v) is 10.6. The fraction of sp³-hybridized carbons (Fsp3) is 0.643. The molecule has 3 rings (SSSR count). The minimum atomic E-state index is -0.669. The summed E-state index contributed by atoms with van der Waals surface area (Å²) >= 11 is 0. The summed E-state index contributed by atoms with van der Waals surface area (Å²) in [5.41, 5.74) is 6.11. The van der Waals surface area contributed by atoms with E-state index < -0.39 is 5.60 Å². The highest BCUT2D eigenvalue weighted by Gasteiger charge is 2.39. The normalized spacial score (nSPS) is 34.2. The first-order valence-electron chi connectivity index (χ1n) is 6.80. The van der Waals surface area contributed by atoms with Crippen LogP contribution in [0.2, 0.25) is 0 Å². The second-order valence-electron chi connectivity index (χ2n) is 5.72. The second-order valence-corrected chi connectivity index (χ2v) is 5.72. The molecule has 2 heterocycles. The van der Waals surface area contributed by atoms with Crippen LogP contribution >= 0.6 is 0 Å². The highest BCUT2D eigenvalue weighted by atomic mass is 16.3. The molecule has 0 unspecified atom stereocenters. The van der Waals surface area contributed by atoms with Gasteiger partial charge < -0.3 is 10.8 Å². The molecule has 0 aromatic carbocycles. The number of hydrogen-bond acceptors (Lipinski definition) is 4. The highest BCUT2D eigenvalue weighted by Crippen LogP contribution is 2.38. The molecular weight excluding hydrogens is 226 g/mol. The molecule has 4 nitrogen and oxygen atoms in total. The monoisotopic (exact) mass is 247 g/mol. The van der Waals surface area contributed by atoms with Gasteiger partial charge in [-0.1, -0.05) is 6.07 Å². The van der Waals surface area contributed by atoms with Crippen LogP contribution in [-0.2, 0) is 5.60 Å². The van der Waals surface area contributed by atoms with Crippen molar-refractivity contribution in [1.82, 2.24) is 9.88 Å². The molecule has 0 atom stereocenters. The van der Waals surface area contributed by atoms with Crippen LogP contribution in [0.3, 0.4) is 0 Å². The maximum Gasteiger partial charge on any atom is 0.0912 e. The van der Waals surface area contributed by atoms with Crippen molar-refractivity contribution in [2.24, 2.45) is 5.73 Å². The Kier molecular flexibility index (Phi) is 3.09. The summed E-state index contributed by atoms with van der Waals surface area (Å²) < 4.78 is 0. The number of aliphatic hydroxyl groups is 1. The van der Waals surface area contributed by atoms with Crippen molar-refractivity contribution in [1.29, 1.82) is 0 Å². The molecule has 0 amide bonds. The van der Waals surface area contributed by atoms with Gasteiger partial charge in [-0.15, -0.1) is 0 Å². The topological polar surface area (TPSA) is 62.4 Å². The molecule has 1 aliphatic heterocycles. The van der Waals surface area contributed by atoms with Crippen molar-refractivity contribution >= 4 is 0 Å². The lowest BCUT2D eigenvalue weighted by molar-refractivity contribution is -0.0378. The summed E-state index contributed by atoms with van der Waals surface area (Å²) in [6, 6.07) is 4.85. The average Bonchev–Trinajstić information content (AvgIpc) is 2.38. The molecule has 1 aliphatic carbocycles. The molecule has 0 bridgehead atoms. The van der Waals surface area contributed by atoms with Gasteiger partial charge in [-0.3, -0.25) is 9.88 Å².